The van der Waals surface area contributed by atoms with E-state index in [0.717, 1.165) is 17.0 Å². The summed E-state index contributed by atoms with van der Waals surface area (Å²) in [6.07, 6.45) is 1.86. The minimum Gasteiger partial charge on any atom is -0.386 e. The molecule has 1 heterocycles. The van der Waals surface area contributed by atoms with E-state index in [2.05, 4.69) is 36.5 Å². The lowest BCUT2D eigenvalue weighted by Crippen LogP contribution is -2.10. The summed E-state index contributed by atoms with van der Waals surface area (Å²) in [4.78, 5) is 1.00. The van der Waals surface area contributed by atoms with Crippen LogP contribution in [0, 0.1) is 0 Å². The van der Waals surface area contributed by atoms with Crippen LogP contribution in [0.2, 0.25) is 0 Å². The number of anilines is 1. The van der Waals surface area contributed by atoms with E-state index < -0.39 is 6.10 Å². The van der Waals surface area contributed by atoms with Crippen LogP contribution in [-0.4, -0.2) is 11.7 Å². The lowest BCUT2D eigenvalue weighted by molar-refractivity contribution is 0.195. The SMILES string of the molecule is CCCc1ccc(NCC(O)c2cccs2)cc1. The first-order chi connectivity index (χ1) is 8.79. The van der Waals surface area contributed by atoms with Gasteiger partial charge in [0.05, 0.1) is 0 Å². The summed E-state index contributed by atoms with van der Waals surface area (Å²) in [6.45, 7) is 2.73. The van der Waals surface area contributed by atoms with E-state index in [1.54, 1.807) is 11.3 Å². The van der Waals surface area contributed by atoms with Crippen molar-refractivity contribution in [1.29, 1.82) is 0 Å². The molecule has 0 aliphatic heterocycles. The molecule has 1 aromatic carbocycles. The molecule has 1 atom stereocenters. The molecule has 1 aromatic heterocycles. The second-order valence-electron chi connectivity index (χ2n) is 4.36. The van der Waals surface area contributed by atoms with Crippen molar-refractivity contribution in [2.45, 2.75) is 25.9 Å². The molecule has 0 amide bonds. The van der Waals surface area contributed by atoms with E-state index in [1.807, 2.05) is 17.5 Å². The van der Waals surface area contributed by atoms with E-state index >= 15 is 0 Å². The van der Waals surface area contributed by atoms with Crippen LogP contribution in [-0.2, 0) is 6.42 Å². The topological polar surface area (TPSA) is 32.3 Å². The van der Waals surface area contributed by atoms with Gasteiger partial charge in [0.1, 0.15) is 6.10 Å². The first kappa shape index (κ1) is 13.1. The maximum atomic E-state index is 9.96. The van der Waals surface area contributed by atoms with Gasteiger partial charge in [0.2, 0.25) is 0 Å². The van der Waals surface area contributed by atoms with Crippen molar-refractivity contribution in [2.75, 3.05) is 11.9 Å². The van der Waals surface area contributed by atoms with Gasteiger partial charge in [-0.15, -0.1) is 11.3 Å². The van der Waals surface area contributed by atoms with Crippen molar-refractivity contribution in [3.05, 3.63) is 52.2 Å². The highest BCUT2D eigenvalue weighted by atomic mass is 32.1. The fraction of sp³-hybridized carbons (Fsp3) is 0.333. The van der Waals surface area contributed by atoms with Crippen LogP contribution in [0.5, 0.6) is 0 Å². The maximum Gasteiger partial charge on any atom is 0.105 e. The van der Waals surface area contributed by atoms with Gasteiger partial charge in [0, 0.05) is 17.1 Å². The van der Waals surface area contributed by atoms with E-state index in [1.165, 1.54) is 12.0 Å². The Balaban J connectivity index is 1.86. The summed E-state index contributed by atoms with van der Waals surface area (Å²) in [5.74, 6) is 0. The third kappa shape index (κ3) is 3.59. The Morgan fingerprint density at radius 2 is 2.00 bits per heavy atom. The zero-order valence-corrected chi connectivity index (χ0v) is 11.4. The number of hydrogen-bond donors (Lipinski definition) is 2. The number of aliphatic hydroxyl groups is 1. The number of thiophene rings is 1. The summed E-state index contributed by atoms with van der Waals surface area (Å²) in [7, 11) is 0. The maximum absolute atomic E-state index is 9.96. The Bertz CT molecular complexity index is 450. The van der Waals surface area contributed by atoms with Crippen LogP contribution in [0.15, 0.2) is 41.8 Å². The fourth-order valence-electron chi connectivity index (χ4n) is 1.87. The van der Waals surface area contributed by atoms with Gasteiger partial charge >= 0.3 is 0 Å². The van der Waals surface area contributed by atoms with E-state index in [0.29, 0.717) is 6.54 Å². The van der Waals surface area contributed by atoms with E-state index in [4.69, 9.17) is 0 Å². The molecular formula is C15H19NOS. The fourth-order valence-corrected chi connectivity index (χ4v) is 2.59. The average Bonchev–Trinajstić information content (AvgIpc) is 2.92. The third-order valence-corrected chi connectivity index (χ3v) is 3.84. The lowest BCUT2D eigenvalue weighted by Gasteiger charge is -2.11. The smallest absolute Gasteiger partial charge is 0.105 e. The third-order valence-electron chi connectivity index (χ3n) is 2.86. The lowest BCUT2D eigenvalue weighted by atomic mass is 10.1. The molecule has 18 heavy (non-hydrogen) atoms. The van der Waals surface area contributed by atoms with Crippen LogP contribution in [0.25, 0.3) is 0 Å². The monoisotopic (exact) mass is 261 g/mol. The molecule has 96 valence electrons. The number of rotatable bonds is 6. The van der Waals surface area contributed by atoms with Crippen LogP contribution in [0.1, 0.15) is 29.9 Å². The molecule has 0 fully saturated rings. The average molecular weight is 261 g/mol. The van der Waals surface area contributed by atoms with Crippen LogP contribution in [0.3, 0.4) is 0 Å². The molecular weight excluding hydrogens is 242 g/mol. The van der Waals surface area contributed by atoms with Gasteiger partial charge in [-0.3, -0.25) is 0 Å². The molecule has 0 saturated carbocycles. The van der Waals surface area contributed by atoms with Gasteiger partial charge in [-0.25, -0.2) is 0 Å². The van der Waals surface area contributed by atoms with Gasteiger partial charge in [-0.2, -0.15) is 0 Å². The van der Waals surface area contributed by atoms with Gasteiger partial charge in [0.15, 0.2) is 0 Å². The largest absolute Gasteiger partial charge is 0.386 e. The molecule has 0 bridgehead atoms. The van der Waals surface area contributed by atoms with Gasteiger partial charge < -0.3 is 10.4 Å². The summed E-state index contributed by atoms with van der Waals surface area (Å²) in [6, 6.07) is 12.4. The van der Waals surface area contributed by atoms with Gasteiger partial charge in [0.25, 0.3) is 0 Å². The van der Waals surface area contributed by atoms with Crippen LogP contribution < -0.4 is 5.32 Å². The zero-order chi connectivity index (χ0) is 12.8. The second-order valence-corrected chi connectivity index (χ2v) is 5.34. The number of benzene rings is 1. The number of hydrogen-bond acceptors (Lipinski definition) is 3. The summed E-state index contributed by atoms with van der Waals surface area (Å²) in [5, 5.41) is 15.2. The summed E-state index contributed by atoms with van der Waals surface area (Å²) in [5.41, 5.74) is 2.42. The standard InChI is InChI=1S/C15H19NOS/c1-2-4-12-6-8-13(9-7-12)16-11-14(17)15-5-3-10-18-15/h3,5-10,14,16-17H,2,4,11H2,1H3. The van der Waals surface area contributed by atoms with Crippen LogP contribution in [0.4, 0.5) is 5.69 Å². The zero-order valence-electron chi connectivity index (χ0n) is 10.6. The highest BCUT2D eigenvalue weighted by Gasteiger charge is 2.07. The minimum absolute atomic E-state index is 0.430. The number of aliphatic hydroxyl groups excluding tert-OH is 1. The van der Waals surface area contributed by atoms with Crippen molar-refractivity contribution < 1.29 is 5.11 Å². The number of nitrogens with one attached hydrogen (secondary N) is 1. The van der Waals surface area contributed by atoms with Crippen molar-refractivity contribution in [3.8, 4) is 0 Å². The molecule has 0 radical (unpaired) electrons. The Morgan fingerprint density at radius 3 is 2.61 bits per heavy atom. The molecule has 2 nitrogen and oxygen atoms in total. The molecule has 3 heteroatoms. The Labute approximate surface area is 112 Å². The quantitative estimate of drug-likeness (QED) is 0.828. The van der Waals surface area contributed by atoms with Gasteiger partial charge in [-0.1, -0.05) is 31.5 Å². The predicted octanol–water partition coefficient (Wildman–Crippen LogP) is 3.85. The molecule has 2 N–H and O–H groups in total. The van der Waals surface area contributed by atoms with Crippen molar-refractivity contribution >= 4 is 17.0 Å². The summed E-state index contributed by atoms with van der Waals surface area (Å²) < 4.78 is 0. The highest BCUT2D eigenvalue weighted by Crippen LogP contribution is 2.19. The first-order valence-corrected chi connectivity index (χ1v) is 7.22. The second kappa shape index (κ2) is 6.57. The molecule has 0 saturated heterocycles. The number of aryl methyl sites for hydroxylation is 1. The molecule has 0 spiro atoms. The van der Waals surface area contributed by atoms with Gasteiger partial charge in [-0.05, 0) is 35.6 Å². The highest BCUT2D eigenvalue weighted by molar-refractivity contribution is 7.10. The van der Waals surface area contributed by atoms with Crippen molar-refractivity contribution in [2.24, 2.45) is 0 Å². The predicted molar refractivity (Wildman–Crippen MR) is 78.2 cm³/mol. The molecule has 0 aliphatic rings. The Hall–Kier alpha value is -1.32. The molecule has 1 unspecified atom stereocenters. The van der Waals surface area contributed by atoms with Crippen molar-refractivity contribution in [1.82, 2.24) is 0 Å². The normalized spacial score (nSPS) is 12.3. The minimum atomic E-state index is -0.430. The molecule has 0 aliphatic carbocycles. The van der Waals surface area contributed by atoms with E-state index in [9.17, 15) is 5.11 Å². The van der Waals surface area contributed by atoms with Crippen LogP contribution >= 0.6 is 11.3 Å². The Kier molecular flexibility index (Phi) is 4.79. The molecule has 2 rings (SSSR count). The first-order valence-electron chi connectivity index (χ1n) is 6.34. The van der Waals surface area contributed by atoms with E-state index in [-0.39, 0.29) is 0 Å². The Morgan fingerprint density at radius 1 is 1.22 bits per heavy atom. The summed E-state index contributed by atoms with van der Waals surface area (Å²) >= 11 is 1.59. The van der Waals surface area contributed by atoms with Crippen molar-refractivity contribution in [3.63, 3.8) is 0 Å². The molecule has 2 aromatic rings.